The van der Waals surface area contributed by atoms with Crippen LogP contribution in [0, 0.1) is 5.92 Å². The van der Waals surface area contributed by atoms with Crippen LogP contribution in [0.15, 0.2) is 0 Å². The van der Waals surface area contributed by atoms with Crippen molar-refractivity contribution in [2.45, 2.75) is 53.0 Å². The Morgan fingerprint density at radius 3 is 2.13 bits per heavy atom. The van der Waals surface area contributed by atoms with Gasteiger partial charge in [0.25, 0.3) is 0 Å². The molecule has 3 heteroatoms. The topological polar surface area (TPSA) is 40.5 Å². The largest absolute Gasteiger partial charge is 0.481 e. The summed E-state index contributed by atoms with van der Waals surface area (Å²) < 4.78 is 0. The van der Waals surface area contributed by atoms with Crippen molar-refractivity contribution >= 4 is 5.97 Å². The summed E-state index contributed by atoms with van der Waals surface area (Å²) in [4.78, 5) is 13.1. The van der Waals surface area contributed by atoms with Gasteiger partial charge in [-0.3, -0.25) is 4.79 Å². The highest BCUT2D eigenvalue weighted by molar-refractivity contribution is 5.67. The van der Waals surface area contributed by atoms with Crippen molar-refractivity contribution in [1.29, 1.82) is 0 Å². The second-order valence-corrected chi connectivity index (χ2v) is 4.15. The highest BCUT2D eigenvalue weighted by atomic mass is 16.4. The average molecular weight is 215 g/mol. The van der Waals surface area contributed by atoms with Gasteiger partial charge in [-0.15, -0.1) is 0 Å². The molecule has 0 saturated heterocycles. The van der Waals surface area contributed by atoms with Gasteiger partial charge in [-0.05, 0) is 25.4 Å². The van der Waals surface area contributed by atoms with Crippen molar-refractivity contribution in [2.24, 2.45) is 5.92 Å². The highest BCUT2D eigenvalue weighted by Gasteiger charge is 2.24. The van der Waals surface area contributed by atoms with E-state index in [1.54, 1.807) is 0 Å². The van der Waals surface area contributed by atoms with Gasteiger partial charge in [-0.1, -0.05) is 34.1 Å². The van der Waals surface area contributed by atoms with Crippen molar-refractivity contribution < 1.29 is 9.90 Å². The zero-order valence-electron chi connectivity index (χ0n) is 10.5. The third-order valence-corrected chi connectivity index (χ3v) is 3.07. The van der Waals surface area contributed by atoms with Crippen LogP contribution in [0.1, 0.15) is 47.0 Å². The first-order chi connectivity index (χ1) is 7.06. The van der Waals surface area contributed by atoms with Crippen molar-refractivity contribution in [2.75, 3.05) is 13.1 Å². The summed E-state index contributed by atoms with van der Waals surface area (Å²) in [5, 5.41) is 8.91. The summed E-state index contributed by atoms with van der Waals surface area (Å²) in [5.74, 6) is -0.221. The molecule has 0 aliphatic heterocycles. The smallest absolute Gasteiger partial charge is 0.304 e. The number of carboxylic acids is 1. The number of nitrogens with zero attached hydrogens (tertiary/aromatic N) is 1. The zero-order valence-corrected chi connectivity index (χ0v) is 10.5. The Hall–Kier alpha value is -0.570. The van der Waals surface area contributed by atoms with Gasteiger partial charge in [0.1, 0.15) is 0 Å². The minimum atomic E-state index is -0.685. The maximum atomic E-state index is 10.8. The van der Waals surface area contributed by atoms with E-state index >= 15 is 0 Å². The normalized spacial score (nSPS) is 15.3. The Morgan fingerprint density at radius 2 is 1.80 bits per heavy atom. The van der Waals surface area contributed by atoms with Gasteiger partial charge in [0.05, 0.1) is 6.42 Å². The summed E-state index contributed by atoms with van der Waals surface area (Å²) in [6, 6.07) is 0.192. The Kier molecular flexibility index (Phi) is 7.39. The molecule has 15 heavy (non-hydrogen) atoms. The van der Waals surface area contributed by atoms with E-state index in [0.717, 1.165) is 25.9 Å². The molecular formula is C12H25NO2. The van der Waals surface area contributed by atoms with Gasteiger partial charge in [0, 0.05) is 6.04 Å². The molecule has 2 atom stereocenters. The molecule has 0 radical (unpaired) electrons. The molecule has 3 nitrogen and oxygen atoms in total. The number of carbonyl (C=O) groups is 1. The molecule has 0 fully saturated rings. The highest BCUT2D eigenvalue weighted by Crippen LogP contribution is 2.19. The number of aliphatic carboxylic acids is 1. The van der Waals surface area contributed by atoms with Crippen molar-refractivity contribution in [3.05, 3.63) is 0 Å². The Bertz CT molecular complexity index is 178. The summed E-state index contributed by atoms with van der Waals surface area (Å²) >= 11 is 0. The molecule has 0 amide bonds. The van der Waals surface area contributed by atoms with Crippen LogP contribution in [0.2, 0.25) is 0 Å². The van der Waals surface area contributed by atoms with Gasteiger partial charge in [0.15, 0.2) is 0 Å². The first-order valence-corrected chi connectivity index (χ1v) is 6.02. The van der Waals surface area contributed by atoms with Crippen LogP contribution in [0.4, 0.5) is 0 Å². The van der Waals surface area contributed by atoms with Crippen LogP contribution < -0.4 is 0 Å². The fourth-order valence-corrected chi connectivity index (χ4v) is 2.21. The van der Waals surface area contributed by atoms with Crippen molar-refractivity contribution in [3.8, 4) is 0 Å². The molecule has 0 bridgehead atoms. The summed E-state index contributed by atoms with van der Waals surface area (Å²) in [7, 11) is 0. The number of hydrogen-bond donors (Lipinski definition) is 1. The summed E-state index contributed by atoms with van der Waals surface area (Å²) in [6.45, 7) is 10.4. The number of hydrogen-bond acceptors (Lipinski definition) is 2. The molecule has 0 spiro atoms. The lowest BCUT2D eigenvalue weighted by atomic mass is 9.93. The van der Waals surface area contributed by atoms with Gasteiger partial charge >= 0.3 is 5.97 Å². The molecule has 0 aromatic heterocycles. The number of carboxylic acid groups (broad SMARTS) is 1. The standard InChI is InChI=1S/C12H25NO2/c1-5-8-10(4)11(9-12(14)15)13(6-2)7-3/h10-11H,5-9H2,1-4H3,(H,14,15). The van der Waals surface area contributed by atoms with Gasteiger partial charge in [-0.25, -0.2) is 0 Å². The molecule has 0 aliphatic carbocycles. The molecule has 0 aliphatic rings. The van der Waals surface area contributed by atoms with E-state index in [2.05, 4.69) is 32.6 Å². The van der Waals surface area contributed by atoms with E-state index in [1.807, 2.05) is 0 Å². The minimum absolute atomic E-state index is 0.192. The average Bonchev–Trinajstić information content (AvgIpc) is 2.18. The van der Waals surface area contributed by atoms with Crippen molar-refractivity contribution in [3.63, 3.8) is 0 Å². The predicted octanol–water partition coefficient (Wildman–Crippen LogP) is 2.61. The van der Waals surface area contributed by atoms with E-state index in [-0.39, 0.29) is 12.5 Å². The zero-order chi connectivity index (χ0) is 11.8. The van der Waals surface area contributed by atoms with Crippen LogP contribution >= 0.6 is 0 Å². The third kappa shape index (κ3) is 5.17. The Morgan fingerprint density at radius 1 is 1.27 bits per heavy atom. The maximum absolute atomic E-state index is 10.8. The fourth-order valence-electron chi connectivity index (χ4n) is 2.21. The van der Waals surface area contributed by atoms with Crippen LogP contribution in [0.3, 0.4) is 0 Å². The first-order valence-electron chi connectivity index (χ1n) is 6.02. The van der Waals surface area contributed by atoms with Gasteiger partial charge < -0.3 is 10.0 Å². The monoisotopic (exact) mass is 215 g/mol. The molecule has 0 aromatic carbocycles. The lowest BCUT2D eigenvalue weighted by Crippen LogP contribution is -2.41. The van der Waals surface area contributed by atoms with E-state index in [0.29, 0.717) is 5.92 Å². The SMILES string of the molecule is CCCC(C)C(CC(=O)O)N(CC)CC. The molecule has 0 heterocycles. The molecule has 0 saturated carbocycles. The molecular weight excluding hydrogens is 190 g/mol. The van der Waals surface area contributed by atoms with E-state index in [9.17, 15) is 4.79 Å². The maximum Gasteiger partial charge on any atom is 0.304 e. The predicted molar refractivity (Wildman–Crippen MR) is 63.0 cm³/mol. The van der Waals surface area contributed by atoms with Crippen molar-refractivity contribution in [1.82, 2.24) is 4.90 Å². The molecule has 0 rings (SSSR count). The van der Waals surface area contributed by atoms with Gasteiger partial charge in [0.2, 0.25) is 0 Å². The third-order valence-electron chi connectivity index (χ3n) is 3.07. The summed E-state index contributed by atoms with van der Waals surface area (Å²) in [6.07, 6.45) is 2.50. The lowest BCUT2D eigenvalue weighted by molar-refractivity contribution is -0.139. The van der Waals surface area contributed by atoms with Crippen LogP contribution in [0.5, 0.6) is 0 Å². The lowest BCUT2D eigenvalue weighted by Gasteiger charge is -2.33. The van der Waals surface area contributed by atoms with Gasteiger partial charge in [-0.2, -0.15) is 0 Å². The van der Waals surface area contributed by atoms with Crippen LogP contribution in [-0.2, 0) is 4.79 Å². The number of rotatable bonds is 8. The van der Waals surface area contributed by atoms with E-state index < -0.39 is 5.97 Å². The second-order valence-electron chi connectivity index (χ2n) is 4.15. The fraction of sp³-hybridized carbons (Fsp3) is 0.917. The molecule has 2 unspecified atom stereocenters. The molecule has 0 aromatic rings. The summed E-state index contributed by atoms with van der Waals surface area (Å²) in [5.41, 5.74) is 0. The Labute approximate surface area is 93.5 Å². The molecule has 90 valence electrons. The Balaban J connectivity index is 4.46. The quantitative estimate of drug-likeness (QED) is 0.676. The second kappa shape index (κ2) is 7.69. The van der Waals surface area contributed by atoms with E-state index in [1.165, 1.54) is 0 Å². The van der Waals surface area contributed by atoms with E-state index in [4.69, 9.17) is 5.11 Å². The van der Waals surface area contributed by atoms with Crippen LogP contribution in [-0.4, -0.2) is 35.1 Å². The first kappa shape index (κ1) is 14.4. The molecule has 1 N–H and O–H groups in total. The van der Waals surface area contributed by atoms with Crippen LogP contribution in [0.25, 0.3) is 0 Å². The minimum Gasteiger partial charge on any atom is -0.481 e.